The monoisotopic (exact) mass is 424 g/mol. The molecule has 4 N–H and O–H groups in total. The van der Waals surface area contributed by atoms with Crippen LogP contribution < -0.4 is 21.1 Å². The standard InChI is InChI=1S/C23H28N4O4/c1-2-31-18-9-7-17(8-10-18)25-23(30)19-5-3-4-6-20(19)26-21(28)15-27-13-11-16(12-14-27)22(24)29/h3-10,16H,2,11-15H2,1H3,(H2,24,29)(H,25,30)(H,26,28). The van der Waals surface area contributed by atoms with Crippen LogP contribution in [0.15, 0.2) is 48.5 Å². The van der Waals surface area contributed by atoms with E-state index in [0.717, 1.165) is 5.75 Å². The highest BCUT2D eigenvalue weighted by atomic mass is 16.5. The second-order valence-corrected chi connectivity index (χ2v) is 7.46. The van der Waals surface area contributed by atoms with Crippen molar-refractivity contribution in [3.63, 3.8) is 0 Å². The number of hydrogen-bond donors (Lipinski definition) is 3. The molecular weight excluding hydrogens is 396 g/mol. The molecule has 0 saturated carbocycles. The molecule has 1 heterocycles. The molecule has 3 amide bonds. The van der Waals surface area contributed by atoms with Gasteiger partial charge in [-0.15, -0.1) is 0 Å². The lowest BCUT2D eigenvalue weighted by molar-refractivity contribution is -0.123. The summed E-state index contributed by atoms with van der Waals surface area (Å²) in [6.07, 6.45) is 1.31. The first-order valence-corrected chi connectivity index (χ1v) is 10.4. The van der Waals surface area contributed by atoms with Gasteiger partial charge in [-0.05, 0) is 69.3 Å². The highest BCUT2D eigenvalue weighted by Gasteiger charge is 2.24. The van der Waals surface area contributed by atoms with Crippen molar-refractivity contribution in [2.24, 2.45) is 11.7 Å². The number of rotatable bonds is 8. The molecule has 8 nitrogen and oxygen atoms in total. The third kappa shape index (κ3) is 6.29. The van der Waals surface area contributed by atoms with E-state index in [1.807, 2.05) is 11.8 Å². The van der Waals surface area contributed by atoms with Gasteiger partial charge in [0.25, 0.3) is 5.91 Å². The first-order valence-electron chi connectivity index (χ1n) is 10.4. The molecule has 164 valence electrons. The largest absolute Gasteiger partial charge is 0.494 e. The number of likely N-dealkylation sites (tertiary alicyclic amines) is 1. The number of nitrogens with zero attached hydrogens (tertiary/aromatic N) is 1. The van der Waals surface area contributed by atoms with Crippen molar-refractivity contribution in [2.75, 3.05) is 36.9 Å². The maximum atomic E-state index is 12.8. The quantitative estimate of drug-likeness (QED) is 0.602. The van der Waals surface area contributed by atoms with Crippen LogP contribution in [0.25, 0.3) is 0 Å². The van der Waals surface area contributed by atoms with Gasteiger partial charge in [-0.25, -0.2) is 0 Å². The lowest BCUT2D eigenvalue weighted by Gasteiger charge is -2.29. The summed E-state index contributed by atoms with van der Waals surface area (Å²) in [7, 11) is 0. The highest BCUT2D eigenvalue weighted by Crippen LogP contribution is 2.20. The number of primary amides is 1. The van der Waals surface area contributed by atoms with Crippen LogP contribution in [0.5, 0.6) is 5.75 Å². The molecule has 2 aromatic carbocycles. The van der Waals surface area contributed by atoms with Crippen molar-refractivity contribution >= 4 is 29.1 Å². The van der Waals surface area contributed by atoms with Crippen molar-refractivity contribution in [1.29, 1.82) is 0 Å². The molecule has 31 heavy (non-hydrogen) atoms. The van der Waals surface area contributed by atoms with Crippen LogP contribution in [-0.4, -0.2) is 48.9 Å². The molecule has 0 radical (unpaired) electrons. The minimum Gasteiger partial charge on any atom is -0.494 e. The van der Waals surface area contributed by atoms with Gasteiger partial charge in [0, 0.05) is 11.6 Å². The number of anilines is 2. The number of ether oxygens (including phenoxy) is 1. The molecule has 1 fully saturated rings. The molecule has 3 rings (SSSR count). The molecule has 1 saturated heterocycles. The zero-order valence-electron chi connectivity index (χ0n) is 17.6. The van der Waals surface area contributed by atoms with E-state index in [2.05, 4.69) is 10.6 Å². The summed E-state index contributed by atoms with van der Waals surface area (Å²) in [4.78, 5) is 38.6. The van der Waals surface area contributed by atoms with Gasteiger partial charge in [0.15, 0.2) is 0 Å². The van der Waals surface area contributed by atoms with E-state index < -0.39 is 0 Å². The second-order valence-electron chi connectivity index (χ2n) is 7.46. The number of nitrogens with two attached hydrogens (primary N) is 1. The number of benzene rings is 2. The van der Waals surface area contributed by atoms with Crippen LogP contribution in [0.4, 0.5) is 11.4 Å². The number of amides is 3. The van der Waals surface area contributed by atoms with Gasteiger partial charge in [-0.2, -0.15) is 0 Å². The van der Waals surface area contributed by atoms with Crippen LogP contribution in [-0.2, 0) is 9.59 Å². The van der Waals surface area contributed by atoms with E-state index in [0.29, 0.717) is 49.5 Å². The van der Waals surface area contributed by atoms with Crippen LogP contribution in [0, 0.1) is 5.92 Å². The maximum absolute atomic E-state index is 12.8. The lowest BCUT2D eigenvalue weighted by atomic mass is 9.96. The Morgan fingerprint density at radius 2 is 1.71 bits per heavy atom. The van der Waals surface area contributed by atoms with Gasteiger partial charge in [-0.1, -0.05) is 12.1 Å². The summed E-state index contributed by atoms with van der Waals surface area (Å²) < 4.78 is 5.41. The Bertz CT molecular complexity index is 921. The van der Waals surface area contributed by atoms with E-state index in [4.69, 9.17) is 10.5 Å². The molecule has 0 atom stereocenters. The fourth-order valence-electron chi connectivity index (χ4n) is 3.56. The molecular formula is C23H28N4O4. The lowest BCUT2D eigenvalue weighted by Crippen LogP contribution is -2.42. The SMILES string of the molecule is CCOc1ccc(NC(=O)c2ccccc2NC(=O)CN2CCC(C(N)=O)CC2)cc1. The summed E-state index contributed by atoms with van der Waals surface area (Å²) >= 11 is 0. The van der Waals surface area contributed by atoms with Gasteiger partial charge in [0.05, 0.1) is 24.4 Å². The average Bonchev–Trinajstić information content (AvgIpc) is 2.76. The minimum atomic E-state index is -0.317. The van der Waals surface area contributed by atoms with Gasteiger partial charge in [-0.3, -0.25) is 19.3 Å². The number of carbonyl (C=O) groups excluding carboxylic acids is 3. The predicted octanol–water partition coefficient (Wildman–Crippen LogP) is 2.47. The van der Waals surface area contributed by atoms with E-state index in [-0.39, 0.29) is 30.2 Å². The van der Waals surface area contributed by atoms with Gasteiger partial charge in [0.1, 0.15) is 5.75 Å². The van der Waals surface area contributed by atoms with Crippen molar-refractivity contribution in [2.45, 2.75) is 19.8 Å². The van der Waals surface area contributed by atoms with Gasteiger partial charge >= 0.3 is 0 Å². The fraction of sp³-hybridized carbons (Fsp3) is 0.348. The molecule has 0 spiro atoms. The molecule has 8 heteroatoms. The number of carbonyl (C=O) groups is 3. The Morgan fingerprint density at radius 3 is 2.35 bits per heavy atom. The summed E-state index contributed by atoms with van der Waals surface area (Å²) in [5, 5.41) is 5.67. The number of hydrogen-bond acceptors (Lipinski definition) is 5. The Hall–Kier alpha value is -3.39. The summed E-state index contributed by atoms with van der Waals surface area (Å²) in [5.41, 5.74) is 6.81. The van der Waals surface area contributed by atoms with Crippen molar-refractivity contribution in [3.8, 4) is 5.75 Å². The smallest absolute Gasteiger partial charge is 0.257 e. The van der Waals surface area contributed by atoms with Crippen LogP contribution in [0.1, 0.15) is 30.1 Å². The second kappa shape index (κ2) is 10.6. The summed E-state index contributed by atoms with van der Waals surface area (Å²) in [6.45, 7) is 3.95. The topological polar surface area (TPSA) is 114 Å². The number of piperidine rings is 1. The fourth-order valence-corrected chi connectivity index (χ4v) is 3.56. The van der Waals surface area contributed by atoms with E-state index in [1.165, 1.54) is 0 Å². The molecule has 0 bridgehead atoms. The first-order chi connectivity index (χ1) is 15.0. The third-order valence-electron chi connectivity index (χ3n) is 5.23. The number of nitrogens with one attached hydrogen (secondary N) is 2. The summed E-state index contributed by atoms with van der Waals surface area (Å²) in [5.74, 6) is -0.197. The van der Waals surface area contributed by atoms with E-state index in [9.17, 15) is 14.4 Å². The van der Waals surface area contributed by atoms with Gasteiger partial charge < -0.3 is 21.1 Å². The normalized spacial score (nSPS) is 14.6. The predicted molar refractivity (Wildman–Crippen MR) is 119 cm³/mol. The van der Waals surface area contributed by atoms with Crippen LogP contribution in [0.3, 0.4) is 0 Å². The Balaban J connectivity index is 1.58. The van der Waals surface area contributed by atoms with Crippen molar-refractivity contribution in [1.82, 2.24) is 4.90 Å². The molecule has 0 aliphatic carbocycles. The molecule has 2 aromatic rings. The molecule has 1 aliphatic heterocycles. The van der Waals surface area contributed by atoms with Crippen LogP contribution in [0.2, 0.25) is 0 Å². The van der Waals surface area contributed by atoms with Crippen molar-refractivity contribution < 1.29 is 19.1 Å². The number of para-hydroxylation sites is 1. The molecule has 1 aliphatic rings. The minimum absolute atomic E-state index is 0.119. The zero-order valence-corrected chi connectivity index (χ0v) is 17.6. The molecule has 0 aromatic heterocycles. The first kappa shape index (κ1) is 22.3. The average molecular weight is 425 g/mol. The summed E-state index contributed by atoms with van der Waals surface area (Å²) in [6, 6.07) is 14.0. The van der Waals surface area contributed by atoms with Gasteiger partial charge in [0.2, 0.25) is 11.8 Å². The van der Waals surface area contributed by atoms with E-state index in [1.54, 1.807) is 48.5 Å². The van der Waals surface area contributed by atoms with Crippen LogP contribution >= 0.6 is 0 Å². The maximum Gasteiger partial charge on any atom is 0.257 e. The van der Waals surface area contributed by atoms with E-state index >= 15 is 0 Å². The third-order valence-corrected chi connectivity index (χ3v) is 5.23. The molecule has 0 unspecified atom stereocenters. The Labute approximate surface area is 181 Å². The highest BCUT2D eigenvalue weighted by molar-refractivity contribution is 6.10. The Morgan fingerprint density at radius 1 is 1.03 bits per heavy atom. The Kier molecular flexibility index (Phi) is 7.61. The zero-order chi connectivity index (χ0) is 22.2. The van der Waals surface area contributed by atoms with Crippen molar-refractivity contribution in [3.05, 3.63) is 54.1 Å².